The van der Waals surface area contributed by atoms with Crippen LogP contribution in [0.1, 0.15) is 31.7 Å². The second kappa shape index (κ2) is 9.32. The number of nitrogens with zero attached hydrogens (tertiary/aromatic N) is 1. The van der Waals surface area contributed by atoms with Crippen LogP contribution in [0.5, 0.6) is 11.5 Å². The Morgan fingerprint density at radius 2 is 2.43 bits per heavy atom. The van der Waals surface area contributed by atoms with E-state index >= 15 is 0 Å². The predicted octanol–water partition coefficient (Wildman–Crippen LogP) is 2.16. The fourth-order valence-electron chi connectivity index (χ4n) is 2.15. The van der Waals surface area contributed by atoms with Crippen molar-refractivity contribution >= 4 is 23.5 Å². The largest absolute Gasteiger partial charge is 0.507 e. The molecular weight excluding hydrogens is 314 g/mol. The van der Waals surface area contributed by atoms with Crippen LogP contribution in [0.3, 0.4) is 0 Å². The average Bonchev–Trinajstić information content (AvgIpc) is 3.06. The molecule has 0 radical (unpaired) electrons. The van der Waals surface area contributed by atoms with Crippen LogP contribution < -0.4 is 15.5 Å². The number of ether oxygens (including phenoxy) is 2. The predicted molar refractivity (Wildman–Crippen MR) is 94.2 cm³/mol. The van der Waals surface area contributed by atoms with E-state index in [9.17, 15) is 5.11 Å². The molecule has 7 heteroatoms. The Bertz CT molecular complexity index is 545. The van der Waals surface area contributed by atoms with Crippen molar-refractivity contribution in [3.8, 4) is 11.5 Å². The molecular formula is C16H23N3O3S. The van der Waals surface area contributed by atoms with Crippen molar-refractivity contribution < 1.29 is 14.6 Å². The van der Waals surface area contributed by atoms with Gasteiger partial charge in [-0.25, -0.2) is 0 Å². The zero-order chi connectivity index (χ0) is 16.5. The number of hydrogen-bond donors (Lipinski definition) is 3. The molecule has 1 aliphatic heterocycles. The van der Waals surface area contributed by atoms with Crippen molar-refractivity contribution in [2.75, 3.05) is 19.8 Å². The van der Waals surface area contributed by atoms with E-state index in [1.54, 1.807) is 18.2 Å². The molecule has 2 rings (SSSR count). The topological polar surface area (TPSA) is 75.1 Å². The molecule has 0 bridgehead atoms. The van der Waals surface area contributed by atoms with Crippen LogP contribution >= 0.6 is 12.2 Å². The van der Waals surface area contributed by atoms with Crippen molar-refractivity contribution in [3.05, 3.63) is 23.8 Å². The number of phenolic OH excluding ortho intramolecular Hbond substituents is 1. The number of rotatable bonds is 7. The van der Waals surface area contributed by atoms with Crippen LogP contribution in [0.4, 0.5) is 0 Å². The molecule has 1 heterocycles. The van der Waals surface area contributed by atoms with Crippen molar-refractivity contribution in [1.29, 1.82) is 0 Å². The maximum absolute atomic E-state index is 9.94. The number of aromatic hydroxyl groups is 1. The lowest BCUT2D eigenvalue weighted by Crippen LogP contribution is -2.37. The van der Waals surface area contributed by atoms with Gasteiger partial charge in [0, 0.05) is 24.8 Å². The molecule has 1 aromatic rings. The van der Waals surface area contributed by atoms with Gasteiger partial charge >= 0.3 is 0 Å². The smallest absolute Gasteiger partial charge is 0.187 e. The van der Waals surface area contributed by atoms with Crippen LogP contribution in [-0.4, -0.2) is 42.3 Å². The maximum Gasteiger partial charge on any atom is 0.187 e. The average molecular weight is 337 g/mol. The zero-order valence-electron chi connectivity index (χ0n) is 13.2. The van der Waals surface area contributed by atoms with Crippen LogP contribution in [-0.2, 0) is 4.74 Å². The van der Waals surface area contributed by atoms with E-state index in [1.807, 2.05) is 6.92 Å². The van der Waals surface area contributed by atoms with Crippen LogP contribution in [0.2, 0.25) is 0 Å². The van der Waals surface area contributed by atoms with E-state index in [1.165, 1.54) is 6.21 Å². The van der Waals surface area contributed by atoms with E-state index in [-0.39, 0.29) is 11.9 Å². The summed E-state index contributed by atoms with van der Waals surface area (Å²) in [6.07, 6.45) is 4.81. The Kier molecular flexibility index (Phi) is 7.09. The Morgan fingerprint density at radius 1 is 1.57 bits per heavy atom. The fraction of sp³-hybridized carbons (Fsp3) is 0.500. The van der Waals surface area contributed by atoms with Gasteiger partial charge in [0.2, 0.25) is 0 Å². The van der Waals surface area contributed by atoms with Gasteiger partial charge in [0.1, 0.15) is 11.5 Å². The molecule has 1 aromatic carbocycles. The summed E-state index contributed by atoms with van der Waals surface area (Å²) >= 11 is 5.13. The van der Waals surface area contributed by atoms with Crippen LogP contribution in [0.25, 0.3) is 0 Å². The summed E-state index contributed by atoms with van der Waals surface area (Å²) in [6.45, 7) is 4.15. The molecule has 0 spiro atoms. The normalized spacial score (nSPS) is 17.3. The zero-order valence-corrected chi connectivity index (χ0v) is 14.1. The number of hydrazone groups is 1. The van der Waals surface area contributed by atoms with E-state index in [0.29, 0.717) is 29.6 Å². The summed E-state index contributed by atoms with van der Waals surface area (Å²) < 4.78 is 11.0. The lowest BCUT2D eigenvalue weighted by molar-refractivity contribution is 0.114. The number of phenols is 1. The number of hydrogen-bond acceptors (Lipinski definition) is 5. The Labute approximate surface area is 141 Å². The van der Waals surface area contributed by atoms with E-state index in [0.717, 1.165) is 25.9 Å². The molecule has 3 N–H and O–H groups in total. The summed E-state index contributed by atoms with van der Waals surface area (Å²) in [6, 6.07) is 5.12. The van der Waals surface area contributed by atoms with Gasteiger partial charge in [-0.3, -0.25) is 5.43 Å². The summed E-state index contributed by atoms with van der Waals surface area (Å²) in [7, 11) is 0. The van der Waals surface area contributed by atoms with Gasteiger partial charge in [0.05, 0.1) is 18.9 Å². The highest BCUT2D eigenvalue weighted by atomic mass is 32.1. The Morgan fingerprint density at radius 3 is 3.13 bits per heavy atom. The van der Waals surface area contributed by atoms with Gasteiger partial charge in [-0.15, -0.1) is 0 Å². The lowest BCUT2D eigenvalue weighted by Gasteiger charge is -2.11. The van der Waals surface area contributed by atoms with Crippen molar-refractivity contribution in [3.63, 3.8) is 0 Å². The Balaban J connectivity index is 1.76. The third-order valence-corrected chi connectivity index (χ3v) is 3.59. The second-order valence-electron chi connectivity index (χ2n) is 5.28. The van der Waals surface area contributed by atoms with Gasteiger partial charge in [-0.05, 0) is 43.6 Å². The molecule has 1 saturated heterocycles. The van der Waals surface area contributed by atoms with Gasteiger partial charge in [-0.2, -0.15) is 5.10 Å². The molecule has 6 nitrogen and oxygen atoms in total. The highest BCUT2D eigenvalue weighted by molar-refractivity contribution is 7.80. The standard InChI is InChI=1S/C16H23N3O3S/c1-2-7-21-13-6-5-12(15(20)9-13)10-18-19-16(23)17-11-14-4-3-8-22-14/h5-6,9-10,14,20H,2-4,7-8,11H2,1H3,(H2,17,19,23)/b18-10+. The number of benzene rings is 1. The van der Waals surface area contributed by atoms with Gasteiger partial charge < -0.3 is 19.9 Å². The summed E-state index contributed by atoms with van der Waals surface area (Å²) in [5, 5.41) is 17.4. The van der Waals surface area contributed by atoms with Crippen LogP contribution in [0.15, 0.2) is 23.3 Å². The minimum Gasteiger partial charge on any atom is -0.507 e. The SMILES string of the molecule is CCCOc1ccc(/C=N/NC(=S)NCC2CCCO2)c(O)c1. The van der Waals surface area contributed by atoms with Gasteiger partial charge in [-0.1, -0.05) is 6.92 Å². The lowest BCUT2D eigenvalue weighted by atomic mass is 10.2. The van der Waals surface area contributed by atoms with E-state index in [2.05, 4.69) is 15.8 Å². The molecule has 1 atom stereocenters. The van der Waals surface area contributed by atoms with E-state index in [4.69, 9.17) is 21.7 Å². The van der Waals surface area contributed by atoms with Crippen LogP contribution in [0, 0.1) is 0 Å². The molecule has 0 amide bonds. The van der Waals surface area contributed by atoms with E-state index < -0.39 is 0 Å². The maximum atomic E-state index is 9.94. The molecule has 0 aliphatic carbocycles. The molecule has 126 valence electrons. The van der Waals surface area contributed by atoms with Crippen molar-refractivity contribution in [1.82, 2.24) is 10.7 Å². The first-order valence-electron chi connectivity index (χ1n) is 7.83. The monoisotopic (exact) mass is 337 g/mol. The molecule has 0 aromatic heterocycles. The number of nitrogens with one attached hydrogen (secondary N) is 2. The van der Waals surface area contributed by atoms with Gasteiger partial charge in [0.25, 0.3) is 0 Å². The van der Waals surface area contributed by atoms with Crippen molar-refractivity contribution in [2.45, 2.75) is 32.3 Å². The molecule has 23 heavy (non-hydrogen) atoms. The minimum absolute atomic E-state index is 0.113. The second-order valence-corrected chi connectivity index (χ2v) is 5.69. The quantitative estimate of drug-likeness (QED) is 0.402. The summed E-state index contributed by atoms with van der Waals surface area (Å²) in [4.78, 5) is 0. The third-order valence-electron chi connectivity index (χ3n) is 3.36. The first-order valence-corrected chi connectivity index (χ1v) is 8.24. The number of thiocarbonyl (C=S) groups is 1. The molecule has 1 fully saturated rings. The summed E-state index contributed by atoms with van der Waals surface area (Å²) in [5.41, 5.74) is 3.31. The van der Waals surface area contributed by atoms with Crippen molar-refractivity contribution in [2.24, 2.45) is 5.10 Å². The minimum atomic E-state index is 0.113. The highest BCUT2D eigenvalue weighted by Crippen LogP contribution is 2.22. The van der Waals surface area contributed by atoms with Gasteiger partial charge in [0.15, 0.2) is 5.11 Å². The summed E-state index contributed by atoms with van der Waals surface area (Å²) in [5.74, 6) is 0.755. The molecule has 1 aliphatic rings. The molecule has 0 saturated carbocycles. The first-order chi connectivity index (χ1) is 11.2. The third kappa shape index (κ3) is 6.03. The molecule has 1 unspecified atom stereocenters. The first kappa shape index (κ1) is 17.5. The Hall–Kier alpha value is -1.86. The highest BCUT2D eigenvalue weighted by Gasteiger charge is 2.14. The fourth-order valence-corrected chi connectivity index (χ4v) is 2.29.